The van der Waals surface area contributed by atoms with Crippen LogP contribution in [0.1, 0.15) is 45.7 Å². The van der Waals surface area contributed by atoms with E-state index in [9.17, 15) is 18.0 Å². The van der Waals surface area contributed by atoms with Crippen LogP contribution < -0.4 is 10.2 Å². The number of aromatic nitrogens is 2. The van der Waals surface area contributed by atoms with E-state index in [1.54, 1.807) is 36.4 Å². The summed E-state index contributed by atoms with van der Waals surface area (Å²) in [6, 6.07) is 22.9. The lowest BCUT2D eigenvalue weighted by Crippen LogP contribution is -2.36. The number of aryl methyl sites for hydroxylation is 1. The molecule has 5 nitrogen and oxygen atoms in total. The van der Waals surface area contributed by atoms with E-state index in [1.165, 1.54) is 4.90 Å². The number of amides is 1. The molecule has 0 radical (unpaired) electrons. The molecule has 1 aromatic heterocycles. The number of carbonyl (C=O) groups is 1. The molecule has 0 bridgehead atoms. The Bertz CT molecular complexity index is 1390. The van der Waals surface area contributed by atoms with Gasteiger partial charge < -0.3 is 10.2 Å². The summed E-state index contributed by atoms with van der Waals surface area (Å²) in [5, 5.41) is 7.11. The lowest BCUT2D eigenvalue weighted by molar-refractivity contribution is -0.173. The highest BCUT2D eigenvalue weighted by Crippen LogP contribution is 2.46. The normalized spacial score (nSPS) is 17.1. The molecule has 2 atom stereocenters. The predicted molar refractivity (Wildman–Crippen MR) is 138 cm³/mol. The van der Waals surface area contributed by atoms with Gasteiger partial charge in [0.2, 0.25) is 0 Å². The fourth-order valence-electron chi connectivity index (χ4n) is 4.53. The van der Waals surface area contributed by atoms with E-state index in [-0.39, 0.29) is 29.5 Å². The Morgan fingerprint density at radius 3 is 2.27 bits per heavy atom. The number of anilines is 2. The van der Waals surface area contributed by atoms with Crippen LogP contribution in [0.15, 0.2) is 84.9 Å². The highest BCUT2D eigenvalue weighted by Gasteiger charge is 2.48. The van der Waals surface area contributed by atoms with Crippen molar-refractivity contribution in [3.05, 3.63) is 112 Å². The number of carbonyl (C=O) groups excluding carboxylic acids is 1. The maximum atomic E-state index is 14.2. The zero-order chi connectivity index (χ0) is 26.2. The molecule has 0 unspecified atom stereocenters. The topological polar surface area (TPSA) is 50.2 Å². The van der Waals surface area contributed by atoms with Gasteiger partial charge in [-0.15, -0.1) is 0 Å². The third-order valence-corrected chi connectivity index (χ3v) is 6.83. The molecule has 0 saturated heterocycles. The fourth-order valence-corrected chi connectivity index (χ4v) is 4.79. The van der Waals surface area contributed by atoms with Crippen molar-refractivity contribution in [2.24, 2.45) is 0 Å². The second kappa shape index (κ2) is 9.94. The summed E-state index contributed by atoms with van der Waals surface area (Å²) in [4.78, 5) is 15.3. The summed E-state index contributed by atoms with van der Waals surface area (Å²) in [5.41, 5.74) is 2.90. The SMILES string of the molecule is Cc1ccc([C@H]2C[C@@H](C(F)(F)F)n3nc(C(=O)N(Cc4ccccc4)c4ccccc4)c(Cl)c3N2)cc1. The van der Waals surface area contributed by atoms with Gasteiger partial charge in [-0.3, -0.25) is 4.79 Å². The molecule has 4 aromatic rings. The van der Waals surface area contributed by atoms with Crippen LogP contribution in [0.4, 0.5) is 24.7 Å². The zero-order valence-corrected chi connectivity index (χ0v) is 20.7. The third-order valence-electron chi connectivity index (χ3n) is 6.47. The Labute approximate surface area is 217 Å². The minimum atomic E-state index is -4.58. The summed E-state index contributed by atoms with van der Waals surface area (Å²) in [7, 11) is 0. The number of hydrogen-bond acceptors (Lipinski definition) is 3. The fraction of sp³-hybridized carbons (Fsp3) is 0.214. The minimum Gasteiger partial charge on any atom is -0.362 e. The highest BCUT2D eigenvalue weighted by atomic mass is 35.5. The van der Waals surface area contributed by atoms with E-state index >= 15 is 0 Å². The molecule has 1 N–H and O–H groups in total. The summed E-state index contributed by atoms with van der Waals surface area (Å²) in [5.74, 6) is -0.603. The second-order valence-electron chi connectivity index (χ2n) is 9.07. The standard InChI is InChI=1S/C28H24ClF3N4O/c1-18-12-14-20(15-13-18)22-16-23(28(30,31)32)36-26(33-22)24(29)25(34-36)27(37)35(21-10-6-3-7-11-21)17-19-8-4-2-5-9-19/h2-15,22-23,33H,16-17H2,1H3/t22-,23+/m1/s1. The molecule has 0 fully saturated rings. The van der Waals surface area contributed by atoms with E-state index in [1.807, 2.05) is 55.5 Å². The molecule has 2 heterocycles. The van der Waals surface area contributed by atoms with E-state index in [0.717, 1.165) is 15.8 Å². The predicted octanol–water partition coefficient (Wildman–Crippen LogP) is 7.35. The van der Waals surface area contributed by atoms with Crippen molar-refractivity contribution in [1.29, 1.82) is 0 Å². The van der Waals surface area contributed by atoms with Gasteiger partial charge in [-0.25, -0.2) is 4.68 Å². The van der Waals surface area contributed by atoms with Gasteiger partial charge in [0.1, 0.15) is 10.8 Å². The maximum absolute atomic E-state index is 14.2. The first-order valence-electron chi connectivity index (χ1n) is 11.8. The van der Waals surface area contributed by atoms with Crippen LogP contribution in [-0.2, 0) is 6.54 Å². The van der Waals surface area contributed by atoms with Crippen molar-refractivity contribution < 1.29 is 18.0 Å². The number of para-hydroxylation sites is 1. The Morgan fingerprint density at radius 2 is 1.65 bits per heavy atom. The lowest BCUT2D eigenvalue weighted by atomic mass is 9.96. The van der Waals surface area contributed by atoms with Crippen molar-refractivity contribution in [3.8, 4) is 0 Å². The summed E-state index contributed by atoms with van der Waals surface area (Å²) >= 11 is 6.60. The summed E-state index contributed by atoms with van der Waals surface area (Å²) < 4.78 is 43.4. The first-order valence-corrected chi connectivity index (χ1v) is 12.2. The average molecular weight is 525 g/mol. The number of benzene rings is 3. The van der Waals surface area contributed by atoms with Crippen LogP contribution in [0, 0.1) is 6.92 Å². The van der Waals surface area contributed by atoms with Gasteiger partial charge in [0.05, 0.1) is 12.6 Å². The van der Waals surface area contributed by atoms with E-state index in [2.05, 4.69) is 10.4 Å². The van der Waals surface area contributed by atoms with Gasteiger partial charge in [0, 0.05) is 12.1 Å². The molecule has 9 heteroatoms. The van der Waals surface area contributed by atoms with Crippen molar-refractivity contribution in [2.45, 2.75) is 38.1 Å². The smallest absolute Gasteiger partial charge is 0.362 e. The van der Waals surface area contributed by atoms with Gasteiger partial charge in [0.15, 0.2) is 11.7 Å². The molecule has 0 saturated carbocycles. The van der Waals surface area contributed by atoms with Gasteiger partial charge in [-0.1, -0.05) is 90.0 Å². The van der Waals surface area contributed by atoms with Crippen molar-refractivity contribution in [1.82, 2.24) is 9.78 Å². The molecule has 5 rings (SSSR count). The van der Waals surface area contributed by atoms with Crippen molar-refractivity contribution in [3.63, 3.8) is 0 Å². The summed E-state index contributed by atoms with van der Waals surface area (Å²) in [6.07, 6.45) is -4.86. The molecule has 1 aliphatic rings. The quantitative estimate of drug-likeness (QED) is 0.297. The average Bonchev–Trinajstić information content (AvgIpc) is 3.23. The number of fused-ring (bicyclic) bond motifs is 1. The molecule has 0 aliphatic carbocycles. The first kappa shape index (κ1) is 24.9. The van der Waals surface area contributed by atoms with Crippen LogP contribution in [0.5, 0.6) is 0 Å². The number of alkyl halides is 3. The molecule has 1 amide bonds. The van der Waals surface area contributed by atoms with Gasteiger partial charge in [-0.2, -0.15) is 18.3 Å². The van der Waals surface area contributed by atoms with Gasteiger partial charge in [-0.05, 0) is 30.2 Å². The van der Waals surface area contributed by atoms with E-state index in [0.29, 0.717) is 11.3 Å². The van der Waals surface area contributed by atoms with Crippen LogP contribution >= 0.6 is 11.6 Å². The third kappa shape index (κ3) is 5.06. The Balaban J connectivity index is 1.55. The monoisotopic (exact) mass is 524 g/mol. The number of hydrogen-bond donors (Lipinski definition) is 1. The molecule has 3 aromatic carbocycles. The summed E-state index contributed by atoms with van der Waals surface area (Å²) in [6.45, 7) is 2.11. The number of nitrogens with zero attached hydrogens (tertiary/aromatic N) is 3. The molecule has 1 aliphatic heterocycles. The molecule has 37 heavy (non-hydrogen) atoms. The van der Waals surface area contributed by atoms with Crippen LogP contribution in [-0.4, -0.2) is 21.9 Å². The van der Waals surface area contributed by atoms with E-state index < -0.39 is 24.2 Å². The first-order chi connectivity index (χ1) is 17.7. The highest BCUT2D eigenvalue weighted by molar-refractivity contribution is 6.36. The number of halogens is 4. The van der Waals surface area contributed by atoms with Crippen LogP contribution in [0.2, 0.25) is 5.02 Å². The molecule has 0 spiro atoms. The zero-order valence-electron chi connectivity index (χ0n) is 19.9. The van der Waals surface area contributed by atoms with Crippen LogP contribution in [0.3, 0.4) is 0 Å². The Morgan fingerprint density at radius 1 is 1.03 bits per heavy atom. The molecular formula is C28H24ClF3N4O. The second-order valence-corrected chi connectivity index (χ2v) is 9.45. The number of nitrogens with one attached hydrogen (secondary N) is 1. The molecule has 190 valence electrons. The Kier molecular flexibility index (Phi) is 6.69. The van der Waals surface area contributed by atoms with Gasteiger partial charge >= 0.3 is 6.18 Å². The molecular weight excluding hydrogens is 501 g/mol. The van der Waals surface area contributed by atoms with Crippen molar-refractivity contribution in [2.75, 3.05) is 10.2 Å². The van der Waals surface area contributed by atoms with Gasteiger partial charge in [0.25, 0.3) is 5.91 Å². The van der Waals surface area contributed by atoms with E-state index in [4.69, 9.17) is 11.6 Å². The Hall–Kier alpha value is -3.78. The van der Waals surface area contributed by atoms with Crippen LogP contribution in [0.25, 0.3) is 0 Å². The lowest BCUT2D eigenvalue weighted by Gasteiger charge is -2.33. The number of rotatable bonds is 5. The maximum Gasteiger partial charge on any atom is 0.410 e. The largest absolute Gasteiger partial charge is 0.410 e. The van der Waals surface area contributed by atoms with Crippen molar-refractivity contribution >= 4 is 29.0 Å². The minimum absolute atomic E-state index is 0.0168.